The Bertz CT molecular complexity index is 787. The zero-order valence-electron chi connectivity index (χ0n) is 10.2. The van der Waals surface area contributed by atoms with Gasteiger partial charge in [-0.2, -0.15) is 0 Å². The maximum atomic E-state index is 6.33. The molecule has 0 amide bonds. The van der Waals surface area contributed by atoms with Crippen molar-refractivity contribution in [3.8, 4) is 0 Å². The van der Waals surface area contributed by atoms with Crippen molar-refractivity contribution in [2.24, 2.45) is 5.73 Å². The first-order chi connectivity index (χ1) is 9.56. The molecule has 0 saturated carbocycles. The SMILES string of the molecule is NC(c1cc2cccc(Cl)c2o1)c1cc(I)ccc1Br. The molecule has 3 rings (SSSR count). The molecule has 2 N–H and O–H groups in total. The van der Waals surface area contributed by atoms with Crippen molar-refractivity contribution in [1.29, 1.82) is 0 Å². The van der Waals surface area contributed by atoms with Crippen molar-refractivity contribution in [1.82, 2.24) is 0 Å². The summed E-state index contributed by atoms with van der Waals surface area (Å²) in [4.78, 5) is 0. The monoisotopic (exact) mass is 461 g/mol. The number of furan rings is 1. The van der Waals surface area contributed by atoms with Crippen LogP contribution in [-0.4, -0.2) is 0 Å². The second-order valence-corrected chi connectivity index (χ2v) is 6.96. The summed E-state index contributed by atoms with van der Waals surface area (Å²) in [6.07, 6.45) is 0. The van der Waals surface area contributed by atoms with Crippen LogP contribution in [0.1, 0.15) is 17.4 Å². The average Bonchev–Trinajstić information content (AvgIpc) is 2.86. The number of para-hydroxylation sites is 1. The second kappa shape index (κ2) is 5.67. The molecule has 2 aromatic carbocycles. The summed E-state index contributed by atoms with van der Waals surface area (Å²) in [5.41, 5.74) is 8.00. The fourth-order valence-electron chi connectivity index (χ4n) is 2.11. The molecule has 0 bridgehead atoms. The topological polar surface area (TPSA) is 39.2 Å². The number of halogens is 3. The first kappa shape index (κ1) is 14.4. The van der Waals surface area contributed by atoms with Gasteiger partial charge >= 0.3 is 0 Å². The Morgan fingerprint density at radius 1 is 1.20 bits per heavy atom. The molecule has 0 radical (unpaired) electrons. The van der Waals surface area contributed by atoms with E-state index < -0.39 is 0 Å². The lowest BCUT2D eigenvalue weighted by Gasteiger charge is -2.11. The third kappa shape index (κ3) is 2.62. The molecule has 102 valence electrons. The molecule has 1 heterocycles. The van der Waals surface area contributed by atoms with Crippen molar-refractivity contribution in [2.75, 3.05) is 0 Å². The van der Waals surface area contributed by atoms with Crippen molar-refractivity contribution in [3.63, 3.8) is 0 Å². The summed E-state index contributed by atoms with van der Waals surface area (Å²) in [6, 6.07) is 13.3. The summed E-state index contributed by atoms with van der Waals surface area (Å²) >= 11 is 11.9. The predicted octanol–water partition coefficient (Wildman–Crippen LogP) is 5.50. The summed E-state index contributed by atoms with van der Waals surface area (Å²) in [5.74, 6) is 0.704. The Morgan fingerprint density at radius 2 is 2.00 bits per heavy atom. The Labute approximate surface area is 143 Å². The van der Waals surface area contributed by atoms with Gasteiger partial charge in [0.1, 0.15) is 5.76 Å². The van der Waals surface area contributed by atoms with Crippen LogP contribution in [0.2, 0.25) is 5.02 Å². The number of fused-ring (bicyclic) bond motifs is 1. The van der Waals surface area contributed by atoms with Gasteiger partial charge in [-0.15, -0.1) is 0 Å². The molecule has 0 aliphatic heterocycles. The fraction of sp³-hybridized carbons (Fsp3) is 0.0667. The van der Waals surface area contributed by atoms with Crippen molar-refractivity contribution >= 4 is 61.1 Å². The maximum absolute atomic E-state index is 6.33. The van der Waals surface area contributed by atoms with Crippen molar-refractivity contribution < 1.29 is 4.42 Å². The van der Waals surface area contributed by atoms with Crippen LogP contribution >= 0.6 is 50.1 Å². The third-order valence-electron chi connectivity index (χ3n) is 3.11. The minimum atomic E-state index is -0.331. The molecule has 0 saturated heterocycles. The highest BCUT2D eigenvalue weighted by atomic mass is 127. The summed E-state index contributed by atoms with van der Waals surface area (Å²) in [5, 5.41) is 1.56. The molecule has 0 fully saturated rings. The zero-order chi connectivity index (χ0) is 14.3. The first-order valence-electron chi connectivity index (χ1n) is 5.95. The Morgan fingerprint density at radius 3 is 2.75 bits per heavy atom. The van der Waals surface area contributed by atoms with Gasteiger partial charge in [-0.25, -0.2) is 0 Å². The number of benzene rings is 2. The normalized spacial score (nSPS) is 12.8. The van der Waals surface area contributed by atoms with E-state index in [1.54, 1.807) is 0 Å². The smallest absolute Gasteiger partial charge is 0.152 e. The second-order valence-electron chi connectivity index (χ2n) is 4.45. The largest absolute Gasteiger partial charge is 0.457 e. The lowest BCUT2D eigenvalue weighted by atomic mass is 10.1. The van der Waals surface area contributed by atoms with E-state index in [9.17, 15) is 0 Å². The van der Waals surface area contributed by atoms with Crippen LogP contribution in [0.4, 0.5) is 0 Å². The van der Waals surface area contributed by atoms with E-state index in [1.807, 2.05) is 42.5 Å². The molecular formula is C15H10BrClINO. The molecule has 1 unspecified atom stereocenters. The molecule has 3 aromatic rings. The lowest BCUT2D eigenvalue weighted by molar-refractivity contribution is 0.524. The number of hydrogen-bond donors (Lipinski definition) is 1. The molecular weight excluding hydrogens is 452 g/mol. The van der Waals surface area contributed by atoms with Crippen LogP contribution in [-0.2, 0) is 0 Å². The first-order valence-corrected chi connectivity index (χ1v) is 8.19. The van der Waals surface area contributed by atoms with Crippen LogP contribution in [0.5, 0.6) is 0 Å². The van der Waals surface area contributed by atoms with Gasteiger partial charge < -0.3 is 10.2 Å². The van der Waals surface area contributed by atoms with Crippen LogP contribution < -0.4 is 5.73 Å². The van der Waals surface area contributed by atoms with E-state index in [0.29, 0.717) is 16.4 Å². The number of hydrogen-bond acceptors (Lipinski definition) is 2. The van der Waals surface area contributed by atoms with E-state index >= 15 is 0 Å². The summed E-state index contributed by atoms with van der Waals surface area (Å²) in [7, 11) is 0. The van der Waals surface area contributed by atoms with Gasteiger partial charge in [0.2, 0.25) is 0 Å². The molecule has 2 nitrogen and oxygen atoms in total. The van der Waals surface area contributed by atoms with E-state index in [-0.39, 0.29) is 6.04 Å². The van der Waals surface area contributed by atoms with Gasteiger partial charge in [0, 0.05) is 13.4 Å². The number of rotatable bonds is 2. The molecule has 1 atom stereocenters. The van der Waals surface area contributed by atoms with Gasteiger partial charge in [0.15, 0.2) is 5.58 Å². The lowest BCUT2D eigenvalue weighted by Crippen LogP contribution is -2.11. The molecule has 0 spiro atoms. The Kier molecular flexibility index (Phi) is 4.08. The van der Waals surface area contributed by atoms with Crippen molar-refractivity contribution in [2.45, 2.75) is 6.04 Å². The maximum Gasteiger partial charge on any atom is 0.152 e. The highest BCUT2D eigenvalue weighted by molar-refractivity contribution is 14.1. The molecule has 20 heavy (non-hydrogen) atoms. The molecule has 5 heteroatoms. The predicted molar refractivity (Wildman–Crippen MR) is 94.1 cm³/mol. The zero-order valence-corrected chi connectivity index (χ0v) is 14.7. The highest BCUT2D eigenvalue weighted by Crippen LogP contribution is 2.33. The minimum Gasteiger partial charge on any atom is -0.457 e. The average molecular weight is 463 g/mol. The van der Waals surface area contributed by atoms with E-state index in [0.717, 1.165) is 19.0 Å². The van der Waals surface area contributed by atoms with Gasteiger partial charge in [0.25, 0.3) is 0 Å². The van der Waals surface area contributed by atoms with Gasteiger partial charge in [0.05, 0.1) is 11.1 Å². The quantitative estimate of drug-likeness (QED) is 0.511. The fourth-order valence-corrected chi connectivity index (χ4v) is 3.34. The van der Waals surface area contributed by atoms with Gasteiger partial charge in [-0.05, 0) is 58.5 Å². The van der Waals surface area contributed by atoms with Gasteiger partial charge in [-0.1, -0.05) is 39.7 Å². The van der Waals surface area contributed by atoms with Crippen LogP contribution in [0.25, 0.3) is 11.0 Å². The summed E-state index contributed by atoms with van der Waals surface area (Å²) in [6.45, 7) is 0. The van der Waals surface area contributed by atoms with Crippen LogP contribution in [0, 0.1) is 3.57 Å². The van der Waals surface area contributed by atoms with E-state index in [4.69, 9.17) is 21.8 Å². The van der Waals surface area contributed by atoms with E-state index in [2.05, 4.69) is 38.5 Å². The van der Waals surface area contributed by atoms with Crippen LogP contribution in [0.3, 0.4) is 0 Å². The highest BCUT2D eigenvalue weighted by Gasteiger charge is 2.18. The van der Waals surface area contributed by atoms with Gasteiger partial charge in [-0.3, -0.25) is 0 Å². The van der Waals surface area contributed by atoms with Crippen molar-refractivity contribution in [3.05, 3.63) is 66.9 Å². The Balaban J connectivity index is 2.10. The van der Waals surface area contributed by atoms with Crippen LogP contribution in [0.15, 0.2) is 51.4 Å². The Hall–Kier alpha value is -0.560. The third-order valence-corrected chi connectivity index (χ3v) is 4.81. The molecule has 0 aliphatic rings. The standard InChI is InChI=1S/C15H10BrClINO/c16-11-5-4-9(18)7-10(11)14(19)13-6-8-2-1-3-12(17)15(8)20-13/h1-7,14H,19H2. The summed E-state index contributed by atoms with van der Waals surface area (Å²) < 4.78 is 7.93. The number of nitrogens with two attached hydrogens (primary N) is 1. The molecule has 0 aliphatic carbocycles. The minimum absolute atomic E-state index is 0.331. The van der Waals surface area contributed by atoms with E-state index in [1.165, 1.54) is 0 Å². The molecule has 1 aromatic heterocycles.